The molecule has 10 heavy (non-hydrogen) atoms. The summed E-state index contributed by atoms with van der Waals surface area (Å²) >= 11 is 0. The van der Waals surface area contributed by atoms with Crippen LogP contribution in [0.1, 0.15) is 12.7 Å². The van der Waals surface area contributed by atoms with E-state index in [2.05, 4.69) is 10.5 Å². The summed E-state index contributed by atoms with van der Waals surface area (Å²) in [5, 5.41) is 5.12. The van der Waals surface area contributed by atoms with E-state index in [0.717, 1.165) is 6.54 Å². The maximum absolute atomic E-state index is 10.8. The molecular weight excluding hydrogens is 132 g/mol. The molecule has 1 rings (SSSR count). The van der Waals surface area contributed by atoms with Crippen LogP contribution in [-0.2, 0) is 0 Å². The fourth-order valence-electron chi connectivity index (χ4n) is 0.766. The van der Waals surface area contributed by atoms with Gasteiger partial charge in [-0.2, -0.15) is 5.16 Å². The summed E-state index contributed by atoms with van der Waals surface area (Å²) in [6.07, 6.45) is 0. The minimum absolute atomic E-state index is 0.195. The highest BCUT2D eigenvalue weighted by molar-refractivity contribution is 5.43. The van der Waals surface area contributed by atoms with E-state index in [9.17, 15) is 4.79 Å². The Morgan fingerprint density at radius 2 is 2.40 bits per heavy atom. The first-order chi connectivity index (χ1) is 4.75. The van der Waals surface area contributed by atoms with Crippen LogP contribution in [0.4, 0.5) is 5.69 Å². The molecule has 4 nitrogen and oxygen atoms in total. The molecule has 0 aliphatic heterocycles. The van der Waals surface area contributed by atoms with Gasteiger partial charge in [0.05, 0.1) is 0 Å². The summed E-state index contributed by atoms with van der Waals surface area (Å²) in [4.78, 5) is 10.8. The van der Waals surface area contributed by atoms with E-state index >= 15 is 0 Å². The number of hydrogen-bond acceptors (Lipinski definition) is 3. The molecule has 0 bridgehead atoms. The van der Waals surface area contributed by atoms with Gasteiger partial charge in [0.1, 0.15) is 5.69 Å². The lowest BCUT2D eigenvalue weighted by Crippen LogP contribution is -2.08. The Labute approximate surface area is 58.2 Å². The average molecular weight is 142 g/mol. The molecule has 1 heterocycles. The maximum atomic E-state index is 10.8. The predicted molar refractivity (Wildman–Crippen MR) is 38.2 cm³/mol. The highest BCUT2D eigenvalue weighted by Crippen LogP contribution is 2.05. The van der Waals surface area contributed by atoms with E-state index in [4.69, 9.17) is 4.52 Å². The molecule has 0 radical (unpaired) electrons. The molecule has 2 N–H and O–H groups in total. The third kappa shape index (κ3) is 1.05. The van der Waals surface area contributed by atoms with Gasteiger partial charge >= 0.3 is 5.56 Å². The van der Waals surface area contributed by atoms with Gasteiger partial charge in [-0.25, -0.2) is 0 Å². The van der Waals surface area contributed by atoms with Crippen molar-refractivity contribution < 1.29 is 4.52 Å². The Kier molecular flexibility index (Phi) is 1.80. The van der Waals surface area contributed by atoms with Crippen molar-refractivity contribution in [2.45, 2.75) is 13.8 Å². The van der Waals surface area contributed by atoms with Crippen molar-refractivity contribution in [1.82, 2.24) is 5.16 Å². The molecule has 4 heteroatoms. The van der Waals surface area contributed by atoms with Crippen LogP contribution in [0, 0.1) is 6.92 Å². The Morgan fingerprint density at radius 3 is 2.80 bits per heavy atom. The molecular formula is C6H10N2O2. The average Bonchev–Trinajstić information content (AvgIpc) is 2.20. The molecule has 0 aliphatic rings. The minimum atomic E-state index is -0.195. The van der Waals surface area contributed by atoms with Crippen molar-refractivity contribution in [1.29, 1.82) is 0 Å². The lowest BCUT2D eigenvalue weighted by molar-refractivity contribution is 0.392. The van der Waals surface area contributed by atoms with E-state index in [1.807, 2.05) is 6.92 Å². The number of aromatic nitrogens is 1. The maximum Gasteiger partial charge on any atom is 0.303 e. The molecule has 0 unspecified atom stereocenters. The third-order valence-electron chi connectivity index (χ3n) is 1.23. The van der Waals surface area contributed by atoms with Gasteiger partial charge < -0.3 is 9.84 Å². The number of rotatable bonds is 2. The molecule has 0 saturated heterocycles. The zero-order valence-corrected chi connectivity index (χ0v) is 6.02. The first-order valence-electron chi connectivity index (χ1n) is 3.17. The van der Waals surface area contributed by atoms with Gasteiger partial charge in [0.2, 0.25) is 0 Å². The number of aromatic amines is 1. The van der Waals surface area contributed by atoms with Crippen LogP contribution in [-0.4, -0.2) is 11.7 Å². The number of H-pyrrole nitrogens is 1. The molecule has 0 saturated carbocycles. The van der Waals surface area contributed by atoms with E-state index in [-0.39, 0.29) is 5.56 Å². The zero-order chi connectivity index (χ0) is 7.56. The van der Waals surface area contributed by atoms with Crippen LogP contribution in [0.3, 0.4) is 0 Å². The summed E-state index contributed by atoms with van der Waals surface area (Å²) in [6.45, 7) is 4.38. The summed E-state index contributed by atoms with van der Waals surface area (Å²) < 4.78 is 4.75. The molecule has 0 aromatic carbocycles. The van der Waals surface area contributed by atoms with Crippen molar-refractivity contribution >= 4 is 5.69 Å². The van der Waals surface area contributed by atoms with Crippen molar-refractivity contribution in [3.8, 4) is 0 Å². The van der Waals surface area contributed by atoms with Crippen LogP contribution >= 0.6 is 0 Å². The van der Waals surface area contributed by atoms with Crippen LogP contribution < -0.4 is 10.9 Å². The first-order valence-corrected chi connectivity index (χ1v) is 3.17. The Balaban J connectivity index is 2.99. The monoisotopic (exact) mass is 142 g/mol. The minimum Gasteiger partial charge on any atom is -0.382 e. The smallest absolute Gasteiger partial charge is 0.303 e. The van der Waals surface area contributed by atoms with Gasteiger partial charge in [-0.3, -0.25) is 4.79 Å². The van der Waals surface area contributed by atoms with Gasteiger partial charge in [-0.05, 0) is 13.8 Å². The molecule has 56 valence electrons. The van der Waals surface area contributed by atoms with Gasteiger partial charge in [-0.15, -0.1) is 0 Å². The second-order valence-electron chi connectivity index (χ2n) is 1.99. The van der Waals surface area contributed by atoms with Crippen LogP contribution in [0.2, 0.25) is 0 Å². The number of nitrogens with one attached hydrogen (secondary N) is 2. The third-order valence-corrected chi connectivity index (χ3v) is 1.23. The number of anilines is 1. The van der Waals surface area contributed by atoms with Crippen LogP contribution in [0.5, 0.6) is 0 Å². The van der Waals surface area contributed by atoms with Crippen LogP contribution in [0.15, 0.2) is 9.32 Å². The number of hydrogen-bond donors (Lipinski definition) is 2. The second kappa shape index (κ2) is 2.60. The summed E-state index contributed by atoms with van der Waals surface area (Å²) in [6, 6.07) is 0. The molecule has 0 amide bonds. The fraction of sp³-hybridized carbons (Fsp3) is 0.500. The van der Waals surface area contributed by atoms with Crippen LogP contribution in [0.25, 0.3) is 0 Å². The van der Waals surface area contributed by atoms with Gasteiger partial charge in [0, 0.05) is 6.54 Å². The predicted octanol–water partition coefficient (Wildman–Crippen LogP) is 0.708. The lowest BCUT2D eigenvalue weighted by atomic mass is 10.4. The molecule has 1 aromatic heterocycles. The van der Waals surface area contributed by atoms with Crippen molar-refractivity contribution in [2.24, 2.45) is 0 Å². The van der Waals surface area contributed by atoms with Crippen molar-refractivity contribution in [2.75, 3.05) is 11.9 Å². The van der Waals surface area contributed by atoms with Gasteiger partial charge in [0.25, 0.3) is 0 Å². The Morgan fingerprint density at radius 1 is 1.70 bits per heavy atom. The van der Waals surface area contributed by atoms with E-state index in [0.29, 0.717) is 11.4 Å². The normalized spacial score (nSPS) is 9.80. The Hall–Kier alpha value is -1.19. The lowest BCUT2D eigenvalue weighted by Gasteiger charge is -1.94. The fourth-order valence-corrected chi connectivity index (χ4v) is 0.766. The van der Waals surface area contributed by atoms with E-state index in [1.54, 1.807) is 6.92 Å². The summed E-state index contributed by atoms with van der Waals surface area (Å²) in [5.41, 5.74) is 0.335. The molecule has 0 fully saturated rings. The second-order valence-corrected chi connectivity index (χ2v) is 1.99. The molecule has 0 aliphatic carbocycles. The quantitative estimate of drug-likeness (QED) is 0.639. The van der Waals surface area contributed by atoms with E-state index < -0.39 is 0 Å². The summed E-state index contributed by atoms with van der Waals surface area (Å²) in [7, 11) is 0. The summed E-state index contributed by atoms with van der Waals surface area (Å²) in [5.74, 6) is 0.604. The highest BCUT2D eigenvalue weighted by atomic mass is 16.5. The van der Waals surface area contributed by atoms with Gasteiger partial charge in [0.15, 0.2) is 5.76 Å². The van der Waals surface area contributed by atoms with E-state index in [1.165, 1.54) is 0 Å². The van der Waals surface area contributed by atoms with Crippen molar-refractivity contribution in [3.63, 3.8) is 0 Å². The number of aryl methyl sites for hydroxylation is 1. The first kappa shape index (κ1) is 6.92. The Bertz CT molecular complexity index is 261. The van der Waals surface area contributed by atoms with Gasteiger partial charge in [-0.1, -0.05) is 0 Å². The largest absolute Gasteiger partial charge is 0.382 e. The highest BCUT2D eigenvalue weighted by Gasteiger charge is 2.04. The molecule has 1 aromatic rings. The zero-order valence-electron chi connectivity index (χ0n) is 6.02. The van der Waals surface area contributed by atoms with Crippen molar-refractivity contribution in [3.05, 3.63) is 16.1 Å². The standard InChI is InChI=1S/C6H10N2O2/c1-3-7-5-4(2)10-8-6(5)9/h7H,3H2,1-2H3,(H,8,9). The topological polar surface area (TPSA) is 58.0 Å². The molecule has 0 spiro atoms. The SMILES string of the molecule is CCNc1c(C)o[nH]c1=O. The molecule has 0 atom stereocenters.